The van der Waals surface area contributed by atoms with Gasteiger partial charge < -0.3 is 9.88 Å². The van der Waals surface area contributed by atoms with Gasteiger partial charge in [-0.25, -0.2) is 4.98 Å². The standard InChI is InChI=1S/C15H20ClN3/c1-4-19-8-7-18-15(19)10-14(17-3)13-9-12(16)6-5-11(13)2/h5-9,14,17H,4,10H2,1-3H3. The van der Waals surface area contributed by atoms with Gasteiger partial charge in [-0.2, -0.15) is 0 Å². The molecule has 0 aliphatic heterocycles. The maximum Gasteiger partial charge on any atom is 0.110 e. The van der Waals surface area contributed by atoms with E-state index in [4.69, 9.17) is 11.6 Å². The van der Waals surface area contributed by atoms with E-state index in [0.717, 1.165) is 23.8 Å². The van der Waals surface area contributed by atoms with Crippen molar-refractivity contribution >= 4 is 11.6 Å². The molecule has 0 saturated heterocycles. The minimum Gasteiger partial charge on any atom is -0.335 e. The summed E-state index contributed by atoms with van der Waals surface area (Å²) >= 11 is 6.11. The van der Waals surface area contributed by atoms with Crippen LogP contribution in [0.1, 0.15) is 29.9 Å². The zero-order valence-corrected chi connectivity index (χ0v) is 12.4. The highest BCUT2D eigenvalue weighted by Crippen LogP contribution is 2.24. The molecule has 19 heavy (non-hydrogen) atoms. The molecule has 0 aliphatic carbocycles. The molecule has 0 fully saturated rings. The van der Waals surface area contributed by atoms with Crippen LogP contribution >= 0.6 is 11.6 Å². The minimum atomic E-state index is 0.228. The lowest BCUT2D eigenvalue weighted by Crippen LogP contribution is -2.21. The second kappa shape index (κ2) is 6.22. The van der Waals surface area contributed by atoms with Gasteiger partial charge in [-0.3, -0.25) is 0 Å². The van der Waals surface area contributed by atoms with Crippen molar-refractivity contribution in [2.45, 2.75) is 32.9 Å². The van der Waals surface area contributed by atoms with Crippen LogP contribution in [-0.2, 0) is 13.0 Å². The first-order valence-corrected chi connectivity index (χ1v) is 6.96. The first kappa shape index (κ1) is 14.1. The number of likely N-dealkylation sites (N-methyl/N-ethyl adjacent to an activating group) is 1. The average molecular weight is 278 g/mol. The van der Waals surface area contributed by atoms with Crippen molar-refractivity contribution in [3.05, 3.63) is 52.6 Å². The molecule has 1 aromatic heterocycles. The Hall–Kier alpha value is -1.32. The molecule has 1 atom stereocenters. The van der Waals surface area contributed by atoms with E-state index in [-0.39, 0.29) is 6.04 Å². The van der Waals surface area contributed by atoms with Crippen LogP contribution in [0.15, 0.2) is 30.6 Å². The Morgan fingerprint density at radius 2 is 2.21 bits per heavy atom. The fourth-order valence-corrected chi connectivity index (χ4v) is 2.54. The van der Waals surface area contributed by atoms with E-state index >= 15 is 0 Å². The fraction of sp³-hybridized carbons (Fsp3) is 0.400. The second-order valence-electron chi connectivity index (χ2n) is 4.68. The van der Waals surface area contributed by atoms with E-state index in [0.29, 0.717) is 0 Å². The highest BCUT2D eigenvalue weighted by atomic mass is 35.5. The van der Waals surface area contributed by atoms with Gasteiger partial charge in [-0.15, -0.1) is 0 Å². The molecule has 4 heteroatoms. The molecule has 1 aromatic carbocycles. The van der Waals surface area contributed by atoms with Gasteiger partial charge in [0.15, 0.2) is 0 Å². The number of nitrogens with one attached hydrogen (secondary N) is 1. The number of rotatable bonds is 5. The minimum absolute atomic E-state index is 0.228. The van der Waals surface area contributed by atoms with Crippen LogP contribution in [0.2, 0.25) is 5.02 Å². The Kier molecular flexibility index (Phi) is 4.61. The van der Waals surface area contributed by atoms with E-state index in [1.54, 1.807) is 0 Å². The van der Waals surface area contributed by atoms with Crippen LogP contribution in [0.3, 0.4) is 0 Å². The summed E-state index contributed by atoms with van der Waals surface area (Å²) in [5.74, 6) is 1.10. The van der Waals surface area contributed by atoms with E-state index < -0.39 is 0 Å². The number of aromatic nitrogens is 2. The van der Waals surface area contributed by atoms with Crippen LogP contribution in [0.4, 0.5) is 0 Å². The van der Waals surface area contributed by atoms with Crippen molar-refractivity contribution in [2.75, 3.05) is 7.05 Å². The second-order valence-corrected chi connectivity index (χ2v) is 5.11. The molecule has 0 radical (unpaired) electrons. The van der Waals surface area contributed by atoms with Gasteiger partial charge in [-0.1, -0.05) is 17.7 Å². The van der Waals surface area contributed by atoms with Crippen LogP contribution in [0, 0.1) is 6.92 Å². The number of hydrogen-bond donors (Lipinski definition) is 1. The number of halogens is 1. The molecule has 3 nitrogen and oxygen atoms in total. The highest BCUT2D eigenvalue weighted by Gasteiger charge is 2.15. The molecule has 102 valence electrons. The lowest BCUT2D eigenvalue weighted by atomic mass is 9.98. The van der Waals surface area contributed by atoms with Gasteiger partial charge in [0.2, 0.25) is 0 Å². The van der Waals surface area contributed by atoms with Gasteiger partial charge in [0, 0.05) is 36.4 Å². The summed E-state index contributed by atoms with van der Waals surface area (Å²) in [7, 11) is 1.98. The van der Waals surface area contributed by atoms with Crippen molar-refractivity contribution in [1.82, 2.24) is 14.9 Å². The smallest absolute Gasteiger partial charge is 0.110 e. The van der Waals surface area contributed by atoms with Gasteiger partial charge >= 0.3 is 0 Å². The van der Waals surface area contributed by atoms with Gasteiger partial charge in [-0.05, 0) is 44.2 Å². The summed E-state index contributed by atoms with van der Waals surface area (Å²) in [4.78, 5) is 4.44. The third-order valence-electron chi connectivity index (χ3n) is 3.49. The van der Waals surface area contributed by atoms with E-state index in [1.165, 1.54) is 11.1 Å². The lowest BCUT2D eigenvalue weighted by Gasteiger charge is -2.19. The van der Waals surface area contributed by atoms with Crippen LogP contribution in [0.25, 0.3) is 0 Å². The number of hydrogen-bond acceptors (Lipinski definition) is 2. The Bertz CT molecular complexity index is 548. The van der Waals surface area contributed by atoms with Crippen molar-refractivity contribution in [3.63, 3.8) is 0 Å². The number of benzene rings is 1. The number of aryl methyl sites for hydroxylation is 2. The molecule has 0 amide bonds. The quantitative estimate of drug-likeness (QED) is 0.908. The summed E-state index contributed by atoms with van der Waals surface area (Å²) in [6.45, 7) is 5.19. The lowest BCUT2D eigenvalue weighted by molar-refractivity contribution is 0.551. The topological polar surface area (TPSA) is 29.9 Å². The molecule has 0 saturated carbocycles. The molecular formula is C15H20ClN3. The predicted molar refractivity (Wildman–Crippen MR) is 79.6 cm³/mol. The zero-order valence-electron chi connectivity index (χ0n) is 11.7. The van der Waals surface area contributed by atoms with Gasteiger partial charge in [0.1, 0.15) is 5.82 Å². The maximum atomic E-state index is 6.11. The molecule has 0 aliphatic rings. The number of imidazole rings is 1. The molecule has 0 bridgehead atoms. The fourth-order valence-electron chi connectivity index (χ4n) is 2.35. The molecule has 2 rings (SSSR count). The highest BCUT2D eigenvalue weighted by molar-refractivity contribution is 6.30. The Balaban J connectivity index is 2.27. The summed E-state index contributed by atoms with van der Waals surface area (Å²) in [6.07, 6.45) is 4.74. The van der Waals surface area contributed by atoms with Crippen molar-refractivity contribution in [2.24, 2.45) is 0 Å². The number of nitrogens with zero attached hydrogens (tertiary/aromatic N) is 2. The third-order valence-corrected chi connectivity index (χ3v) is 3.73. The molecule has 2 aromatic rings. The largest absolute Gasteiger partial charge is 0.335 e. The summed E-state index contributed by atoms with van der Waals surface area (Å²) in [6, 6.07) is 6.26. The van der Waals surface area contributed by atoms with E-state index in [9.17, 15) is 0 Å². The van der Waals surface area contributed by atoms with E-state index in [2.05, 4.69) is 34.8 Å². The Labute approximate surface area is 119 Å². The average Bonchev–Trinajstić information content (AvgIpc) is 2.86. The first-order valence-electron chi connectivity index (χ1n) is 6.59. The van der Waals surface area contributed by atoms with Crippen LogP contribution in [0.5, 0.6) is 0 Å². The molecular weight excluding hydrogens is 258 g/mol. The third kappa shape index (κ3) is 3.17. The van der Waals surface area contributed by atoms with Gasteiger partial charge in [0.25, 0.3) is 0 Å². The Morgan fingerprint density at radius 3 is 2.89 bits per heavy atom. The molecule has 1 N–H and O–H groups in total. The van der Waals surface area contributed by atoms with Crippen LogP contribution in [-0.4, -0.2) is 16.6 Å². The molecule has 1 heterocycles. The Morgan fingerprint density at radius 1 is 1.42 bits per heavy atom. The summed E-state index contributed by atoms with van der Waals surface area (Å²) < 4.78 is 2.17. The van der Waals surface area contributed by atoms with Crippen LogP contribution < -0.4 is 5.32 Å². The molecule has 1 unspecified atom stereocenters. The van der Waals surface area contributed by atoms with E-state index in [1.807, 2.05) is 31.6 Å². The maximum absolute atomic E-state index is 6.11. The summed E-state index contributed by atoms with van der Waals surface area (Å²) in [5, 5.41) is 4.14. The summed E-state index contributed by atoms with van der Waals surface area (Å²) in [5.41, 5.74) is 2.49. The monoisotopic (exact) mass is 277 g/mol. The SMILES string of the molecule is CCn1ccnc1CC(NC)c1cc(Cl)ccc1C. The van der Waals surface area contributed by atoms with Crippen molar-refractivity contribution < 1.29 is 0 Å². The predicted octanol–water partition coefficient (Wildman–Crippen LogP) is 3.37. The molecule has 0 spiro atoms. The van der Waals surface area contributed by atoms with Gasteiger partial charge in [0.05, 0.1) is 0 Å². The van der Waals surface area contributed by atoms with Crippen molar-refractivity contribution in [1.29, 1.82) is 0 Å². The van der Waals surface area contributed by atoms with Crippen molar-refractivity contribution in [3.8, 4) is 0 Å². The normalized spacial score (nSPS) is 12.6. The zero-order chi connectivity index (χ0) is 13.8. The first-order chi connectivity index (χ1) is 9.15.